The Bertz CT molecular complexity index is 1790. The molecule has 0 spiro atoms. The van der Waals surface area contributed by atoms with Crippen LogP contribution in [0.25, 0.3) is 6.08 Å². The number of nitro groups is 1. The number of rotatable bonds is 10. The highest BCUT2D eigenvalue weighted by atomic mass is 79.9. The number of amides is 2. The highest BCUT2D eigenvalue weighted by Crippen LogP contribution is 2.33. The van der Waals surface area contributed by atoms with Crippen molar-refractivity contribution >= 4 is 73.3 Å². The van der Waals surface area contributed by atoms with E-state index >= 15 is 0 Å². The predicted octanol–water partition coefficient (Wildman–Crippen LogP) is 6.33. The van der Waals surface area contributed by atoms with Gasteiger partial charge in [-0.2, -0.15) is 5.10 Å². The molecular weight excluding hydrogens is 710 g/mol. The molecule has 0 atom stereocenters. The average Bonchev–Trinajstić information content (AvgIpc) is 3.02. The van der Waals surface area contributed by atoms with Crippen LogP contribution >= 0.6 is 31.9 Å². The fourth-order valence-corrected chi connectivity index (χ4v) is 4.65. The molecule has 2 N–H and O–H groups in total. The van der Waals surface area contributed by atoms with Gasteiger partial charge in [0.2, 0.25) is 0 Å². The lowest BCUT2D eigenvalue weighted by Crippen LogP contribution is -2.32. The van der Waals surface area contributed by atoms with Gasteiger partial charge in [0.05, 0.1) is 21.2 Å². The summed E-state index contributed by atoms with van der Waals surface area (Å²) in [6, 6.07) is 24.4. The van der Waals surface area contributed by atoms with Gasteiger partial charge in [-0.3, -0.25) is 19.7 Å². The van der Waals surface area contributed by atoms with Crippen molar-refractivity contribution in [1.82, 2.24) is 10.7 Å². The largest absolute Gasteiger partial charge is 0.421 e. The quantitative estimate of drug-likeness (QED) is 0.0485. The van der Waals surface area contributed by atoms with Gasteiger partial charge in [0.1, 0.15) is 5.70 Å². The third-order valence-electron chi connectivity index (χ3n) is 6.16. The minimum atomic E-state index is -0.773. The molecule has 228 valence electrons. The number of hydrazone groups is 1. The third-order valence-corrected chi connectivity index (χ3v) is 7.28. The van der Waals surface area contributed by atoms with Gasteiger partial charge in [-0.25, -0.2) is 10.2 Å². The SMILES string of the molecule is CN(C)c1ccc(/C=C(/NC(=O)c2ccccc2)C(=O)N/N=C/c2cc([N+](=O)[O-])cc(Br)c2OC(=O)c2ccc(Br)cc2)cc1. The topological polar surface area (TPSA) is 143 Å². The number of non-ortho nitro benzene ring substituents is 1. The van der Waals surface area contributed by atoms with Crippen LogP contribution < -0.4 is 20.4 Å². The second kappa shape index (κ2) is 15.0. The molecule has 0 aliphatic carbocycles. The van der Waals surface area contributed by atoms with Crippen molar-refractivity contribution in [2.75, 3.05) is 19.0 Å². The molecule has 45 heavy (non-hydrogen) atoms. The van der Waals surface area contributed by atoms with E-state index in [4.69, 9.17) is 4.74 Å². The van der Waals surface area contributed by atoms with Crippen molar-refractivity contribution in [2.24, 2.45) is 5.10 Å². The Morgan fingerprint density at radius 2 is 1.58 bits per heavy atom. The Kier molecular flexibility index (Phi) is 11.0. The lowest BCUT2D eigenvalue weighted by atomic mass is 10.1. The van der Waals surface area contributed by atoms with E-state index in [1.807, 2.05) is 31.1 Å². The number of nitro benzene ring substituents is 1. The number of halogens is 2. The number of hydrogen-bond acceptors (Lipinski definition) is 8. The standard InChI is InChI=1S/C32H25Br2N5O6/c1-38(2)25-14-8-20(9-15-25)16-28(36-30(40)21-6-4-3-5-7-21)31(41)37-35-19-23-17-26(39(43)44)18-27(34)29(23)45-32(42)22-10-12-24(33)13-11-22/h3-19H,1-2H3,(H,36,40)(H,37,41)/b28-16+,35-19+. The molecule has 0 aliphatic rings. The zero-order valence-corrected chi connectivity index (χ0v) is 27.0. The Hall–Kier alpha value is -5.14. The molecule has 11 nitrogen and oxygen atoms in total. The molecule has 0 unspecified atom stereocenters. The molecule has 0 aliphatic heterocycles. The second-order valence-electron chi connectivity index (χ2n) is 9.56. The van der Waals surface area contributed by atoms with Crippen molar-refractivity contribution in [2.45, 2.75) is 0 Å². The number of nitrogens with zero attached hydrogens (tertiary/aromatic N) is 3. The van der Waals surface area contributed by atoms with Gasteiger partial charge in [-0.1, -0.05) is 46.3 Å². The van der Waals surface area contributed by atoms with Gasteiger partial charge in [0.15, 0.2) is 5.75 Å². The highest BCUT2D eigenvalue weighted by molar-refractivity contribution is 9.10. The molecule has 0 heterocycles. The van der Waals surface area contributed by atoms with Crippen LogP contribution in [0.2, 0.25) is 0 Å². The number of esters is 1. The minimum absolute atomic E-state index is 0.0277. The van der Waals surface area contributed by atoms with Gasteiger partial charge in [-0.15, -0.1) is 0 Å². The zero-order valence-electron chi connectivity index (χ0n) is 23.9. The van der Waals surface area contributed by atoms with Gasteiger partial charge < -0.3 is 15.0 Å². The predicted molar refractivity (Wildman–Crippen MR) is 178 cm³/mol. The molecule has 2 amide bonds. The first-order valence-corrected chi connectivity index (χ1v) is 14.7. The monoisotopic (exact) mass is 733 g/mol. The smallest absolute Gasteiger partial charge is 0.343 e. The van der Waals surface area contributed by atoms with E-state index in [0.717, 1.165) is 22.4 Å². The van der Waals surface area contributed by atoms with Crippen LogP contribution in [0.3, 0.4) is 0 Å². The van der Waals surface area contributed by atoms with Gasteiger partial charge in [-0.05, 0) is 76.1 Å². The average molecular weight is 735 g/mol. The summed E-state index contributed by atoms with van der Waals surface area (Å²) in [4.78, 5) is 51.8. The summed E-state index contributed by atoms with van der Waals surface area (Å²) in [5.74, 6) is -2.06. The van der Waals surface area contributed by atoms with Crippen molar-refractivity contribution in [3.8, 4) is 5.75 Å². The molecule has 0 aromatic heterocycles. The van der Waals surface area contributed by atoms with E-state index in [2.05, 4.69) is 47.7 Å². The second-order valence-corrected chi connectivity index (χ2v) is 11.3. The normalized spacial score (nSPS) is 11.2. The van der Waals surface area contributed by atoms with Crippen LogP contribution in [-0.2, 0) is 4.79 Å². The summed E-state index contributed by atoms with van der Waals surface area (Å²) in [5, 5.41) is 18.1. The van der Waals surface area contributed by atoms with Crippen molar-refractivity contribution in [3.63, 3.8) is 0 Å². The molecule has 0 radical (unpaired) electrons. The molecule has 0 saturated carbocycles. The van der Waals surface area contributed by atoms with E-state index < -0.39 is 22.7 Å². The molecule has 0 bridgehead atoms. The first kappa shape index (κ1) is 32.8. The number of anilines is 1. The molecule has 0 fully saturated rings. The third kappa shape index (κ3) is 8.94. The fourth-order valence-electron chi connectivity index (χ4n) is 3.84. The van der Waals surface area contributed by atoms with Gasteiger partial charge in [0, 0.05) is 47.5 Å². The number of carbonyl (C=O) groups is 3. The van der Waals surface area contributed by atoms with E-state index in [1.165, 1.54) is 12.1 Å². The number of hydrogen-bond donors (Lipinski definition) is 2. The molecular formula is C32H25Br2N5O6. The molecule has 4 aromatic carbocycles. The Labute approximate surface area is 275 Å². The molecule has 0 saturated heterocycles. The lowest BCUT2D eigenvalue weighted by Gasteiger charge is -2.13. The summed E-state index contributed by atoms with van der Waals surface area (Å²) in [6.07, 6.45) is 2.59. The first-order valence-electron chi connectivity index (χ1n) is 13.2. The maximum absolute atomic E-state index is 13.3. The highest BCUT2D eigenvalue weighted by Gasteiger charge is 2.20. The van der Waals surface area contributed by atoms with Gasteiger partial charge in [0.25, 0.3) is 17.5 Å². The summed E-state index contributed by atoms with van der Waals surface area (Å²) in [6.45, 7) is 0. The zero-order chi connectivity index (χ0) is 32.5. The van der Waals surface area contributed by atoms with Crippen LogP contribution in [0.1, 0.15) is 31.8 Å². The van der Waals surface area contributed by atoms with Crippen LogP contribution in [0, 0.1) is 10.1 Å². The number of ether oxygens (including phenoxy) is 1. The summed E-state index contributed by atoms with van der Waals surface area (Å²) in [7, 11) is 3.80. The Balaban J connectivity index is 1.62. The summed E-state index contributed by atoms with van der Waals surface area (Å²) >= 11 is 6.53. The molecule has 4 aromatic rings. The lowest BCUT2D eigenvalue weighted by molar-refractivity contribution is -0.385. The Morgan fingerprint density at radius 1 is 0.911 bits per heavy atom. The van der Waals surface area contributed by atoms with Crippen molar-refractivity contribution in [1.29, 1.82) is 0 Å². The summed E-state index contributed by atoms with van der Waals surface area (Å²) in [5.41, 5.74) is 4.09. The number of nitrogens with one attached hydrogen (secondary N) is 2. The van der Waals surface area contributed by atoms with E-state index in [-0.39, 0.29) is 32.7 Å². The maximum atomic E-state index is 13.3. The van der Waals surface area contributed by atoms with Gasteiger partial charge >= 0.3 is 5.97 Å². The fraction of sp³-hybridized carbons (Fsp3) is 0.0625. The van der Waals surface area contributed by atoms with Crippen LogP contribution in [0.4, 0.5) is 11.4 Å². The van der Waals surface area contributed by atoms with E-state index in [9.17, 15) is 24.5 Å². The minimum Gasteiger partial charge on any atom is -0.421 e. The van der Waals surface area contributed by atoms with Crippen molar-refractivity contribution < 1.29 is 24.0 Å². The molecule has 4 rings (SSSR count). The molecule has 13 heteroatoms. The summed E-state index contributed by atoms with van der Waals surface area (Å²) < 4.78 is 6.43. The maximum Gasteiger partial charge on any atom is 0.343 e. The number of benzene rings is 4. The van der Waals surface area contributed by atoms with E-state index in [0.29, 0.717) is 11.1 Å². The van der Waals surface area contributed by atoms with E-state index in [1.54, 1.807) is 66.7 Å². The first-order chi connectivity index (χ1) is 21.5. The van der Waals surface area contributed by atoms with Crippen LogP contribution in [0.15, 0.2) is 111 Å². The van der Waals surface area contributed by atoms with Crippen LogP contribution in [0.5, 0.6) is 5.75 Å². The number of carbonyl (C=O) groups excluding carboxylic acids is 3. The van der Waals surface area contributed by atoms with Crippen molar-refractivity contribution in [3.05, 3.63) is 138 Å². The van der Waals surface area contributed by atoms with Crippen LogP contribution in [-0.4, -0.2) is 43.0 Å². The Morgan fingerprint density at radius 3 is 2.20 bits per heavy atom.